The first-order chi connectivity index (χ1) is 10.0. The molecule has 1 N–H and O–H groups in total. The smallest absolute Gasteiger partial charge is 0.373 e. The van der Waals surface area contributed by atoms with Crippen LogP contribution in [0.25, 0.3) is 0 Å². The second-order valence-electron chi connectivity index (χ2n) is 5.01. The molecule has 0 saturated carbocycles. The molecule has 21 heavy (non-hydrogen) atoms. The van der Waals surface area contributed by atoms with Gasteiger partial charge in [-0.1, -0.05) is 27.4 Å². The highest BCUT2D eigenvalue weighted by molar-refractivity contribution is 6.60. The summed E-state index contributed by atoms with van der Waals surface area (Å²) in [5.74, 6) is -0.139. The lowest BCUT2D eigenvalue weighted by Gasteiger charge is -2.29. The van der Waals surface area contributed by atoms with Crippen molar-refractivity contribution in [2.75, 3.05) is 26.4 Å². The van der Waals surface area contributed by atoms with E-state index in [1.165, 1.54) is 0 Å². The van der Waals surface area contributed by atoms with Crippen LogP contribution in [0.1, 0.15) is 47.0 Å². The molecule has 0 aliphatic rings. The van der Waals surface area contributed by atoms with Gasteiger partial charge in [0.05, 0.1) is 0 Å². The minimum absolute atomic E-state index is 0.139. The van der Waals surface area contributed by atoms with E-state index in [1.54, 1.807) is 6.92 Å². The van der Waals surface area contributed by atoms with E-state index in [2.05, 4.69) is 32.7 Å². The summed E-state index contributed by atoms with van der Waals surface area (Å²) in [6.07, 6.45) is 2.74. The Morgan fingerprint density at radius 3 is 1.76 bits per heavy atom. The highest BCUT2D eigenvalue weighted by atomic mass is 28.4. The van der Waals surface area contributed by atoms with Gasteiger partial charge in [-0.2, -0.15) is 0 Å². The third-order valence-corrected chi connectivity index (χ3v) is 5.48. The molecule has 0 unspecified atom stereocenters. The Labute approximate surface area is 130 Å². The summed E-state index contributed by atoms with van der Waals surface area (Å²) in [6, 6.07) is 0.589. The molecule has 0 aliphatic heterocycles. The number of amides is 1. The van der Waals surface area contributed by atoms with Gasteiger partial charge in [-0.15, -0.1) is 0 Å². The fourth-order valence-electron chi connectivity index (χ4n) is 1.59. The second-order valence-corrected chi connectivity index (χ2v) is 7.75. The lowest BCUT2D eigenvalue weighted by atomic mass is 10.3. The molecule has 0 rings (SSSR count). The van der Waals surface area contributed by atoms with E-state index in [0.29, 0.717) is 38.0 Å². The van der Waals surface area contributed by atoms with Crippen LogP contribution in [0.3, 0.4) is 0 Å². The normalized spacial score (nSPS) is 11.4. The molecule has 0 radical (unpaired) electrons. The number of rotatable bonds is 13. The van der Waals surface area contributed by atoms with Crippen LogP contribution in [-0.2, 0) is 18.1 Å². The second kappa shape index (κ2) is 11.9. The van der Waals surface area contributed by atoms with E-state index < -0.39 is 8.80 Å². The minimum Gasteiger partial charge on any atom is -0.373 e. The first kappa shape index (κ1) is 20.3. The highest BCUT2D eigenvalue weighted by Gasteiger charge is 2.40. The van der Waals surface area contributed by atoms with Crippen LogP contribution in [0, 0.1) is 0 Å². The van der Waals surface area contributed by atoms with E-state index in [0.717, 1.165) is 19.3 Å². The SMILES string of the molecule is C=C(C)C(=O)NCC[Si](OCCC)(OCCC)OCCC. The van der Waals surface area contributed by atoms with Crippen LogP contribution < -0.4 is 5.32 Å². The van der Waals surface area contributed by atoms with Crippen molar-refractivity contribution in [1.29, 1.82) is 0 Å². The van der Waals surface area contributed by atoms with Crippen molar-refractivity contribution in [3.63, 3.8) is 0 Å². The fraction of sp³-hybridized carbons (Fsp3) is 0.800. The maximum atomic E-state index is 11.6. The van der Waals surface area contributed by atoms with Crippen molar-refractivity contribution in [3.05, 3.63) is 12.2 Å². The average molecular weight is 318 g/mol. The Morgan fingerprint density at radius 2 is 1.43 bits per heavy atom. The van der Waals surface area contributed by atoms with Crippen molar-refractivity contribution < 1.29 is 18.1 Å². The number of nitrogens with one attached hydrogen (secondary N) is 1. The maximum Gasteiger partial charge on any atom is 0.502 e. The molecule has 0 saturated heterocycles. The van der Waals surface area contributed by atoms with Gasteiger partial charge in [0.25, 0.3) is 0 Å². The first-order valence-corrected chi connectivity index (χ1v) is 9.80. The standard InChI is InChI=1S/C15H31NO4Si/c1-6-10-18-21(19-11-7-2,20-12-8-3)13-9-16-15(17)14(4)5/h4,6-13H2,1-3,5H3,(H,16,17). The quantitative estimate of drug-likeness (QED) is 0.419. The zero-order valence-corrected chi connectivity index (χ0v) is 15.0. The van der Waals surface area contributed by atoms with E-state index >= 15 is 0 Å². The predicted octanol–water partition coefficient (Wildman–Crippen LogP) is 2.90. The molecule has 0 aromatic rings. The summed E-state index contributed by atoms with van der Waals surface area (Å²) >= 11 is 0. The van der Waals surface area contributed by atoms with Crippen molar-refractivity contribution in [2.24, 2.45) is 0 Å². The largest absolute Gasteiger partial charge is 0.502 e. The highest BCUT2D eigenvalue weighted by Crippen LogP contribution is 2.17. The summed E-state index contributed by atoms with van der Waals surface area (Å²) in [6.45, 7) is 13.8. The van der Waals surface area contributed by atoms with Crippen LogP contribution in [0.15, 0.2) is 12.2 Å². The third kappa shape index (κ3) is 9.03. The molecule has 0 fully saturated rings. The zero-order chi connectivity index (χ0) is 16.1. The van der Waals surface area contributed by atoms with Gasteiger partial charge < -0.3 is 18.6 Å². The van der Waals surface area contributed by atoms with Gasteiger partial charge in [-0.05, 0) is 26.2 Å². The van der Waals surface area contributed by atoms with Gasteiger partial charge >= 0.3 is 8.80 Å². The monoisotopic (exact) mass is 317 g/mol. The average Bonchev–Trinajstić information content (AvgIpc) is 2.48. The van der Waals surface area contributed by atoms with Crippen LogP contribution in [0.2, 0.25) is 6.04 Å². The maximum absolute atomic E-state index is 11.6. The molecule has 0 aliphatic carbocycles. The Balaban J connectivity index is 4.61. The van der Waals surface area contributed by atoms with Gasteiger partial charge in [0.2, 0.25) is 5.91 Å². The molecule has 124 valence electrons. The molecule has 6 heteroatoms. The fourth-order valence-corrected chi connectivity index (χ4v) is 4.25. The summed E-state index contributed by atoms with van der Waals surface area (Å²) in [4.78, 5) is 11.6. The Kier molecular flexibility index (Phi) is 11.5. The molecule has 0 heterocycles. The van der Waals surface area contributed by atoms with Crippen LogP contribution in [-0.4, -0.2) is 41.1 Å². The van der Waals surface area contributed by atoms with Crippen molar-refractivity contribution in [2.45, 2.75) is 53.0 Å². The van der Waals surface area contributed by atoms with Gasteiger partial charge in [-0.25, -0.2) is 0 Å². The molecule has 0 atom stereocenters. The lowest BCUT2D eigenvalue weighted by Crippen LogP contribution is -2.49. The molecule has 0 bridgehead atoms. The summed E-state index contributed by atoms with van der Waals surface area (Å²) in [5.41, 5.74) is 0.501. The molecule has 1 amide bonds. The van der Waals surface area contributed by atoms with E-state index in [4.69, 9.17) is 13.3 Å². The molecule has 0 aromatic carbocycles. The van der Waals surface area contributed by atoms with Crippen molar-refractivity contribution in [1.82, 2.24) is 5.32 Å². The molecule has 5 nitrogen and oxygen atoms in total. The van der Waals surface area contributed by atoms with E-state index in [9.17, 15) is 4.79 Å². The number of hydrogen-bond acceptors (Lipinski definition) is 4. The lowest BCUT2D eigenvalue weighted by molar-refractivity contribution is -0.117. The van der Waals surface area contributed by atoms with E-state index in [-0.39, 0.29) is 5.91 Å². The molecule has 0 spiro atoms. The summed E-state index contributed by atoms with van der Waals surface area (Å²) in [5, 5.41) is 2.82. The molecular formula is C15H31NO4Si. The van der Waals surface area contributed by atoms with E-state index in [1.807, 2.05) is 0 Å². The summed E-state index contributed by atoms with van der Waals surface area (Å²) in [7, 11) is -2.70. The predicted molar refractivity (Wildman–Crippen MR) is 87.1 cm³/mol. The van der Waals surface area contributed by atoms with Gasteiger partial charge in [-0.3, -0.25) is 4.79 Å². The zero-order valence-electron chi connectivity index (χ0n) is 14.0. The van der Waals surface area contributed by atoms with Crippen LogP contribution >= 0.6 is 0 Å². The topological polar surface area (TPSA) is 56.8 Å². The van der Waals surface area contributed by atoms with Crippen LogP contribution in [0.4, 0.5) is 0 Å². The third-order valence-electron chi connectivity index (χ3n) is 2.68. The number of hydrogen-bond donors (Lipinski definition) is 1. The first-order valence-electron chi connectivity index (χ1n) is 7.86. The molecular weight excluding hydrogens is 286 g/mol. The Bertz CT molecular complexity index is 288. The Hall–Kier alpha value is -0.693. The number of carbonyl (C=O) groups is 1. The van der Waals surface area contributed by atoms with Gasteiger partial charge in [0.1, 0.15) is 0 Å². The van der Waals surface area contributed by atoms with Crippen LogP contribution in [0.5, 0.6) is 0 Å². The molecule has 0 aromatic heterocycles. The van der Waals surface area contributed by atoms with Crippen molar-refractivity contribution >= 4 is 14.7 Å². The van der Waals surface area contributed by atoms with Gasteiger partial charge in [0, 0.05) is 38.0 Å². The number of carbonyl (C=O) groups excluding carboxylic acids is 1. The van der Waals surface area contributed by atoms with Gasteiger partial charge in [0.15, 0.2) is 0 Å². The summed E-state index contributed by atoms with van der Waals surface area (Å²) < 4.78 is 17.8. The minimum atomic E-state index is -2.70. The van der Waals surface area contributed by atoms with Crippen molar-refractivity contribution in [3.8, 4) is 0 Å². The Morgan fingerprint density at radius 1 is 1.00 bits per heavy atom.